The van der Waals surface area contributed by atoms with Crippen LogP contribution < -0.4 is 0 Å². The lowest BCUT2D eigenvalue weighted by atomic mass is 9.88. The van der Waals surface area contributed by atoms with E-state index in [0.29, 0.717) is 30.9 Å². The third-order valence-corrected chi connectivity index (χ3v) is 3.94. The SMILES string of the molecule is CCCC1(O)CN(C(=O)c2cnc3ncnn3c2CC)C1. The Morgan fingerprint density at radius 3 is 2.81 bits per heavy atom. The molecule has 0 spiro atoms. The molecule has 1 amide bonds. The summed E-state index contributed by atoms with van der Waals surface area (Å²) in [6, 6.07) is 0. The third kappa shape index (κ3) is 2.27. The molecule has 7 nitrogen and oxygen atoms in total. The van der Waals surface area contributed by atoms with Crippen LogP contribution in [0.15, 0.2) is 12.5 Å². The van der Waals surface area contributed by atoms with Crippen molar-refractivity contribution in [1.82, 2.24) is 24.5 Å². The van der Waals surface area contributed by atoms with E-state index >= 15 is 0 Å². The van der Waals surface area contributed by atoms with Gasteiger partial charge in [-0.25, -0.2) is 9.50 Å². The van der Waals surface area contributed by atoms with Gasteiger partial charge < -0.3 is 10.0 Å². The van der Waals surface area contributed by atoms with Gasteiger partial charge in [-0.3, -0.25) is 4.79 Å². The zero-order chi connectivity index (χ0) is 15.0. The molecule has 2 aromatic heterocycles. The molecule has 0 unspecified atom stereocenters. The van der Waals surface area contributed by atoms with Crippen molar-refractivity contribution >= 4 is 11.7 Å². The van der Waals surface area contributed by atoms with Crippen molar-refractivity contribution in [2.24, 2.45) is 0 Å². The molecular weight excluding hydrogens is 270 g/mol. The highest BCUT2D eigenvalue weighted by Gasteiger charge is 2.43. The van der Waals surface area contributed by atoms with E-state index in [-0.39, 0.29) is 5.91 Å². The van der Waals surface area contributed by atoms with Gasteiger partial charge in [0.05, 0.1) is 29.9 Å². The second-order valence-electron chi connectivity index (χ2n) is 5.58. The zero-order valence-electron chi connectivity index (χ0n) is 12.3. The Labute approximate surface area is 122 Å². The number of fused-ring (bicyclic) bond motifs is 1. The van der Waals surface area contributed by atoms with Crippen LogP contribution in [0.1, 0.15) is 42.7 Å². The predicted molar refractivity (Wildman–Crippen MR) is 75.9 cm³/mol. The van der Waals surface area contributed by atoms with Crippen molar-refractivity contribution in [2.75, 3.05) is 13.1 Å². The Balaban J connectivity index is 1.86. The van der Waals surface area contributed by atoms with Gasteiger partial charge in [0.25, 0.3) is 11.7 Å². The topological polar surface area (TPSA) is 83.6 Å². The average Bonchev–Trinajstić information content (AvgIpc) is 2.91. The molecule has 0 bridgehead atoms. The monoisotopic (exact) mass is 289 g/mol. The molecule has 2 aromatic rings. The number of carbonyl (C=O) groups is 1. The molecule has 1 N–H and O–H groups in total. The van der Waals surface area contributed by atoms with Crippen LogP contribution in [0.5, 0.6) is 0 Å². The van der Waals surface area contributed by atoms with Gasteiger partial charge in [0.1, 0.15) is 6.33 Å². The van der Waals surface area contributed by atoms with Crippen molar-refractivity contribution in [2.45, 2.75) is 38.7 Å². The first-order valence-corrected chi connectivity index (χ1v) is 7.27. The van der Waals surface area contributed by atoms with E-state index in [9.17, 15) is 9.90 Å². The number of aliphatic hydroxyl groups is 1. The molecule has 0 radical (unpaired) electrons. The summed E-state index contributed by atoms with van der Waals surface area (Å²) in [5.74, 6) is 0.395. The standard InChI is InChI=1S/C14H19N5O2/c1-3-5-14(21)7-18(8-14)12(20)10-6-15-13-16-9-17-19(13)11(10)4-2/h6,9,21H,3-5,7-8H2,1-2H3. The highest BCUT2D eigenvalue weighted by Crippen LogP contribution is 2.27. The summed E-state index contributed by atoms with van der Waals surface area (Å²) in [5, 5.41) is 14.3. The number of amides is 1. The summed E-state index contributed by atoms with van der Waals surface area (Å²) in [6.45, 7) is 4.77. The van der Waals surface area contributed by atoms with Gasteiger partial charge in [-0.1, -0.05) is 20.3 Å². The van der Waals surface area contributed by atoms with Crippen molar-refractivity contribution in [3.8, 4) is 0 Å². The normalized spacial score (nSPS) is 17.0. The molecule has 1 aliphatic rings. The van der Waals surface area contributed by atoms with Crippen LogP contribution in [0.4, 0.5) is 0 Å². The van der Waals surface area contributed by atoms with Gasteiger partial charge in [0.2, 0.25) is 0 Å². The van der Waals surface area contributed by atoms with Crippen molar-refractivity contribution < 1.29 is 9.90 Å². The minimum atomic E-state index is -0.721. The van der Waals surface area contributed by atoms with E-state index in [2.05, 4.69) is 15.1 Å². The second kappa shape index (κ2) is 5.07. The van der Waals surface area contributed by atoms with E-state index in [1.807, 2.05) is 13.8 Å². The summed E-state index contributed by atoms with van der Waals surface area (Å²) < 4.78 is 1.60. The summed E-state index contributed by atoms with van der Waals surface area (Å²) in [7, 11) is 0. The van der Waals surface area contributed by atoms with Crippen molar-refractivity contribution in [3.05, 3.63) is 23.8 Å². The van der Waals surface area contributed by atoms with Crippen molar-refractivity contribution in [3.63, 3.8) is 0 Å². The second-order valence-corrected chi connectivity index (χ2v) is 5.58. The minimum Gasteiger partial charge on any atom is -0.386 e. The maximum absolute atomic E-state index is 12.6. The Morgan fingerprint density at radius 2 is 2.14 bits per heavy atom. The molecule has 1 saturated heterocycles. The van der Waals surface area contributed by atoms with E-state index in [1.165, 1.54) is 6.33 Å². The smallest absolute Gasteiger partial charge is 0.257 e. The zero-order valence-corrected chi connectivity index (χ0v) is 12.3. The highest BCUT2D eigenvalue weighted by atomic mass is 16.3. The van der Waals surface area contributed by atoms with Crippen LogP contribution >= 0.6 is 0 Å². The fourth-order valence-electron chi connectivity index (χ4n) is 2.95. The van der Waals surface area contributed by atoms with Crippen LogP contribution in [0.3, 0.4) is 0 Å². The number of hydrogen-bond donors (Lipinski definition) is 1. The lowest BCUT2D eigenvalue weighted by Crippen LogP contribution is -2.63. The van der Waals surface area contributed by atoms with Crippen LogP contribution in [-0.4, -0.2) is 54.2 Å². The van der Waals surface area contributed by atoms with Crippen LogP contribution in [0, 0.1) is 0 Å². The van der Waals surface area contributed by atoms with E-state index in [1.54, 1.807) is 15.6 Å². The van der Waals surface area contributed by atoms with Crippen LogP contribution in [-0.2, 0) is 6.42 Å². The molecule has 3 rings (SSSR count). The molecule has 1 fully saturated rings. The van der Waals surface area contributed by atoms with Gasteiger partial charge in [-0.15, -0.1) is 0 Å². The molecule has 21 heavy (non-hydrogen) atoms. The summed E-state index contributed by atoms with van der Waals surface area (Å²) in [4.78, 5) is 22.4. The van der Waals surface area contributed by atoms with Gasteiger partial charge in [0.15, 0.2) is 0 Å². The van der Waals surface area contributed by atoms with E-state index < -0.39 is 5.60 Å². The third-order valence-electron chi connectivity index (χ3n) is 3.94. The largest absolute Gasteiger partial charge is 0.386 e. The molecule has 0 atom stereocenters. The summed E-state index contributed by atoms with van der Waals surface area (Å²) in [6.07, 6.45) is 5.28. The molecule has 0 aliphatic carbocycles. The number of β-amino-alcohol motifs (C(OH)–C–C–N with tert-alkyl or cyclic N) is 1. The Bertz CT molecular complexity index is 675. The fourth-order valence-corrected chi connectivity index (χ4v) is 2.95. The molecular formula is C14H19N5O2. The average molecular weight is 289 g/mol. The fraction of sp³-hybridized carbons (Fsp3) is 0.571. The number of hydrogen-bond acceptors (Lipinski definition) is 5. The van der Waals surface area contributed by atoms with E-state index in [4.69, 9.17) is 0 Å². The molecule has 1 aliphatic heterocycles. The lowest BCUT2D eigenvalue weighted by Gasteiger charge is -2.46. The molecule has 112 valence electrons. The Morgan fingerprint density at radius 1 is 1.38 bits per heavy atom. The van der Waals surface area contributed by atoms with E-state index in [0.717, 1.165) is 18.5 Å². The number of aryl methyl sites for hydroxylation is 1. The predicted octanol–water partition coefficient (Wildman–Crippen LogP) is 0.674. The number of aromatic nitrogens is 4. The highest BCUT2D eigenvalue weighted by molar-refractivity contribution is 5.96. The van der Waals surface area contributed by atoms with Gasteiger partial charge >= 0.3 is 0 Å². The lowest BCUT2D eigenvalue weighted by molar-refractivity contribution is -0.0860. The Hall–Kier alpha value is -2.02. The quantitative estimate of drug-likeness (QED) is 0.894. The number of rotatable bonds is 4. The summed E-state index contributed by atoms with van der Waals surface area (Å²) in [5.41, 5.74) is 0.615. The number of nitrogens with zero attached hydrogens (tertiary/aromatic N) is 5. The molecule has 7 heteroatoms. The first-order valence-electron chi connectivity index (χ1n) is 7.27. The molecule has 3 heterocycles. The first-order chi connectivity index (χ1) is 10.1. The molecule has 0 aromatic carbocycles. The number of likely N-dealkylation sites (tertiary alicyclic amines) is 1. The van der Waals surface area contributed by atoms with Crippen molar-refractivity contribution in [1.29, 1.82) is 0 Å². The van der Waals surface area contributed by atoms with Gasteiger partial charge in [-0.05, 0) is 12.8 Å². The summed E-state index contributed by atoms with van der Waals surface area (Å²) >= 11 is 0. The number of carbonyl (C=O) groups excluding carboxylic acids is 1. The van der Waals surface area contributed by atoms with Crippen LogP contribution in [0.2, 0.25) is 0 Å². The maximum atomic E-state index is 12.6. The minimum absolute atomic E-state index is 0.0995. The van der Waals surface area contributed by atoms with Gasteiger partial charge in [-0.2, -0.15) is 10.1 Å². The van der Waals surface area contributed by atoms with Gasteiger partial charge in [0, 0.05) is 6.20 Å². The Kier molecular flexibility index (Phi) is 3.36. The first kappa shape index (κ1) is 13.9. The molecule has 0 saturated carbocycles. The maximum Gasteiger partial charge on any atom is 0.257 e. The van der Waals surface area contributed by atoms with Crippen LogP contribution in [0.25, 0.3) is 5.78 Å².